The lowest BCUT2D eigenvalue weighted by Gasteiger charge is -1.98. The molecule has 0 radical (unpaired) electrons. The first-order valence-corrected chi connectivity index (χ1v) is 5.84. The molecule has 3 rings (SSSR count). The van der Waals surface area contributed by atoms with Gasteiger partial charge in [-0.25, -0.2) is 9.50 Å². The lowest BCUT2D eigenvalue weighted by atomic mass is 10.1. The summed E-state index contributed by atoms with van der Waals surface area (Å²) < 4.78 is 1.78. The van der Waals surface area contributed by atoms with Gasteiger partial charge in [-0.3, -0.25) is 0 Å². The molecule has 1 aromatic carbocycles. The molecule has 0 atom stereocenters. The van der Waals surface area contributed by atoms with Gasteiger partial charge in [-0.15, -0.1) is 5.10 Å². The van der Waals surface area contributed by atoms with Crippen LogP contribution in [0.2, 0.25) is 0 Å². The van der Waals surface area contributed by atoms with Crippen LogP contribution in [0.1, 0.15) is 11.3 Å². The molecular formula is C14H14N4. The number of hydrogen-bond donors (Lipinski definition) is 1. The van der Waals surface area contributed by atoms with Crippen molar-refractivity contribution in [2.75, 3.05) is 5.73 Å². The Morgan fingerprint density at radius 1 is 1.11 bits per heavy atom. The molecule has 3 aromatic rings. The standard InChI is InChI=1S/C14H14N4/c1-9-4-3-5-11(8-9)13-16-14-12(15)7-6-10(2)18(14)17-13/h3-8H,15H2,1-2H3. The van der Waals surface area contributed by atoms with E-state index in [2.05, 4.69) is 29.1 Å². The third kappa shape index (κ3) is 1.62. The zero-order chi connectivity index (χ0) is 12.7. The van der Waals surface area contributed by atoms with Gasteiger partial charge in [0.05, 0.1) is 5.69 Å². The van der Waals surface area contributed by atoms with Crippen molar-refractivity contribution in [2.24, 2.45) is 0 Å². The SMILES string of the molecule is Cc1cccc(-c2nc3c(N)ccc(C)n3n2)c1. The average Bonchev–Trinajstić information content (AvgIpc) is 2.80. The average molecular weight is 238 g/mol. The Morgan fingerprint density at radius 2 is 1.94 bits per heavy atom. The Morgan fingerprint density at radius 3 is 2.67 bits per heavy atom. The van der Waals surface area contributed by atoms with E-state index < -0.39 is 0 Å². The fourth-order valence-corrected chi connectivity index (χ4v) is 2.01. The van der Waals surface area contributed by atoms with Crippen LogP contribution in [-0.2, 0) is 0 Å². The molecule has 0 spiro atoms. The number of fused-ring (bicyclic) bond motifs is 1. The minimum Gasteiger partial charge on any atom is -0.396 e. The molecule has 0 aliphatic rings. The number of aryl methyl sites for hydroxylation is 2. The second-order valence-corrected chi connectivity index (χ2v) is 4.47. The quantitative estimate of drug-likeness (QED) is 0.709. The van der Waals surface area contributed by atoms with Crippen molar-refractivity contribution in [1.29, 1.82) is 0 Å². The molecule has 0 amide bonds. The molecule has 18 heavy (non-hydrogen) atoms. The molecule has 0 bridgehead atoms. The summed E-state index contributed by atoms with van der Waals surface area (Å²) in [5, 5.41) is 4.51. The molecule has 0 unspecified atom stereocenters. The number of nitrogens with zero attached hydrogens (tertiary/aromatic N) is 3. The second-order valence-electron chi connectivity index (χ2n) is 4.47. The molecule has 0 saturated carbocycles. The number of aromatic nitrogens is 3. The normalized spacial score (nSPS) is 11.0. The molecule has 4 heteroatoms. The van der Waals surface area contributed by atoms with E-state index in [1.165, 1.54) is 5.56 Å². The van der Waals surface area contributed by atoms with Gasteiger partial charge in [-0.05, 0) is 32.0 Å². The maximum absolute atomic E-state index is 5.92. The van der Waals surface area contributed by atoms with Gasteiger partial charge in [-0.2, -0.15) is 0 Å². The number of benzene rings is 1. The summed E-state index contributed by atoms with van der Waals surface area (Å²) in [6, 6.07) is 11.9. The Balaban J connectivity index is 2.26. The summed E-state index contributed by atoms with van der Waals surface area (Å²) in [4.78, 5) is 4.51. The fraction of sp³-hybridized carbons (Fsp3) is 0.143. The molecule has 0 aliphatic heterocycles. The van der Waals surface area contributed by atoms with Gasteiger partial charge >= 0.3 is 0 Å². The van der Waals surface area contributed by atoms with Crippen molar-refractivity contribution in [3.63, 3.8) is 0 Å². The van der Waals surface area contributed by atoms with Crippen LogP contribution in [0.4, 0.5) is 5.69 Å². The lowest BCUT2D eigenvalue weighted by molar-refractivity contribution is 0.920. The smallest absolute Gasteiger partial charge is 0.182 e. The number of rotatable bonds is 1. The number of pyridine rings is 1. The van der Waals surface area contributed by atoms with Crippen molar-refractivity contribution >= 4 is 11.3 Å². The van der Waals surface area contributed by atoms with E-state index in [4.69, 9.17) is 5.73 Å². The van der Waals surface area contributed by atoms with Gasteiger partial charge in [0.25, 0.3) is 0 Å². The van der Waals surface area contributed by atoms with Gasteiger partial charge in [0, 0.05) is 11.3 Å². The van der Waals surface area contributed by atoms with Gasteiger partial charge < -0.3 is 5.73 Å². The Hall–Kier alpha value is -2.36. The van der Waals surface area contributed by atoms with Crippen molar-refractivity contribution in [3.05, 3.63) is 47.7 Å². The van der Waals surface area contributed by atoms with E-state index in [0.29, 0.717) is 17.2 Å². The molecule has 0 saturated heterocycles. The second kappa shape index (κ2) is 3.84. The van der Waals surface area contributed by atoms with Crippen LogP contribution < -0.4 is 5.73 Å². The van der Waals surface area contributed by atoms with Crippen LogP contribution in [0.25, 0.3) is 17.0 Å². The van der Waals surface area contributed by atoms with Crippen LogP contribution >= 0.6 is 0 Å². The fourth-order valence-electron chi connectivity index (χ4n) is 2.01. The molecule has 0 aliphatic carbocycles. The molecular weight excluding hydrogens is 224 g/mol. The predicted octanol–water partition coefficient (Wildman–Crippen LogP) is 2.60. The zero-order valence-electron chi connectivity index (χ0n) is 10.4. The monoisotopic (exact) mass is 238 g/mol. The van der Waals surface area contributed by atoms with E-state index in [9.17, 15) is 0 Å². The minimum absolute atomic E-state index is 0.645. The van der Waals surface area contributed by atoms with Crippen LogP contribution in [0.5, 0.6) is 0 Å². The summed E-state index contributed by atoms with van der Waals surface area (Å²) in [6.07, 6.45) is 0. The molecule has 4 nitrogen and oxygen atoms in total. The Kier molecular flexibility index (Phi) is 2.30. The number of nitrogens with two attached hydrogens (primary N) is 1. The van der Waals surface area contributed by atoms with Gasteiger partial charge in [-0.1, -0.05) is 23.8 Å². The van der Waals surface area contributed by atoms with E-state index in [1.54, 1.807) is 4.52 Å². The zero-order valence-corrected chi connectivity index (χ0v) is 10.4. The molecule has 2 aromatic heterocycles. The van der Waals surface area contributed by atoms with Crippen LogP contribution in [0.15, 0.2) is 36.4 Å². The van der Waals surface area contributed by atoms with Gasteiger partial charge in [0.1, 0.15) is 0 Å². The van der Waals surface area contributed by atoms with E-state index >= 15 is 0 Å². The summed E-state index contributed by atoms with van der Waals surface area (Å²) >= 11 is 0. The highest BCUT2D eigenvalue weighted by Gasteiger charge is 2.09. The highest BCUT2D eigenvalue weighted by Crippen LogP contribution is 2.20. The van der Waals surface area contributed by atoms with Gasteiger partial charge in [0.15, 0.2) is 11.5 Å². The minimum atomic E-state index is 0.645. The summed E-state index contributed by atoms with van der Waals surface area (Å²) in [7, 11) is 0. The Bertz CT molecular complexity index is 689. The summed E-state index contributed by atoms with van der Waals surface area (Å²) in [5.41, 5.74) is 10.5. The molecule has 2 N–H and O–H groups in total. The van der Waals surface area contributed by atoms with Gasteiger partial charge in [0.2, 0.25) is 0 Å². The van der Waals surface area contributed by atoms with Crippen molar-refractivity contribution in [2.45, 2.75) is 13.8 Å². The predicted molar refractivity (Wildman–Crippen MR) is 72.3 cm³/mol. The first-order valence-electron chi connectivity index (χ1n) is 5.84. The highest BCUT2D eigenvalue weighted by atomic mass is 15.3. The first-order chi connectivity index (χ1) is 8.65. The highest BCUT2D eigenvalue weighted by molar-refractivity contribution is 5.68. The third-order valence-electron chi connectivity index (χ3n) is 2.98. The van der Waals surface area contributed by atoms with Crippen molar-refractivity contribution in [1.82, 2.24) is 14.6 Å². The number of nitrogen functional groups attached to an aromatic ring is 1. The third-order valence-corrected chi connectivity index (χ3v) is 2.98. The van der Waals surface area contributed by atoms with E-state index in [0.717, 1.165) is 11.3 Å². The van der Waals surface area contributed by atoms with Crippen molar-refractivity contribution < 1.29 is 0 Å². The number of hydrogen-bond acceptors (Lipinski definition) is 3. The summed E-state index contributed by atoms with van der Waals surface area (Å²) in [5.74, 6) is 0.708. The van der Waals surface area contributed by atoms with E-state index in [-0.39, 0.29) is 0 Å². The molecule has 2 heterocycles. The van der Waals surface area contributed by atoms with E-state index in [1.807, 2.05) is 31.2 Å². The maximum Gasteiger partial charge on any atom is 0.182 e. The number of anilines is 1. The first kappa shape index (κ1) is 10.8. The molecule has 90 valence electrons. The van der Waals surface area contributed by atoms with Crippen LogP contribution in [0.3, 0.4) is 0 Å². The van der Waals surface area contributed by atoms with Crippen LogP contribution in [-0.4, -0.2) is 14.6 Å². The summed E-state index contributed by atoms with van der Waals surface area (Å²) in [6.45, 7) is 4.04. The Labute approximate surface area is 105 Å². The topological polar surface area (TPSA) is 56.2 Å². The van der Waals surface area contributed by atoms with Crippen LogP contribution in [0, 0.1) is 13.8 Å². The largest absolute Gasteiger partial charge is 0.396 e. The lowest BCUT2D eigenvalue weighted by Crippen LogP contribution is -1.97. The van der Waals surface area contributed by atoms with Crippen molar-refractivity contribution in [3.8, 4) is 11.4 Å². The molecule has 0 fully saturated rings. The maximum atomic E-state index is 5.92.